The highest BCUT2D eigenvalue weighted by molar-refractivity contribution is 5.93. The lowest BCUT2D eigenvalue weighted by molar-refractivity contribution is 0.172. The topological polar surface area (TPSA) is 94.8 Å². The number of ether oxygens (including phenoxy) is 3. The molecule has 0 radical (unpaired) electrons. The number of hydrogen-bond acceptors (Lipinski definition) is 5. The quantitative estimate of drug-likeness (QED) is 0.701. The second-order valence-corrected chi connectivity index (χ2v) is 4.74. The third-order valence-corrected chi connectivity index (χ3v) is 3.23. The van der Waals surface area contributed by atoms with E-state index in [1.165, 1.54) is 0 Å². The Hall–Kier alpha value is -2.15. The molecule has 0 bridgehead atoms. The van der Waals surface area contributed by atoms with Crippen LogP contribution in [-0.2, 0) is 4.74 Å². The zero-order chi connectivity index (χ0) is 13.9. The molecule has 0 aromatic heterocycles. The van der Waals surface area contributed by atoms with E-state index in [1.807, 2.05) is 0 Å². The fourth-order valence-electron chi connectivity index (χ4n) is 2.20. The number of urea groups is 1. The minimum absolute atomic E-state index is 0.0495. The number of hydrogen-bond donors (Lipinski definition) is 3. The molecule has 3 rings (SSSR count). The standard InChI is InChI=1S/C13H17N3O4/c14-9-5-11-12(20-4-3-19-11)6-10(9)16-13(17)15-8-1-2-18-7-8/h5-6,8H,1-4,7,14H2,(H2,15,16,17). The Balaban J connectivity index is 1.68. The predicted octanol–water partition coefficient (Wildman–Crippen LogP) is 0.950. The molecule has 1 unspecified atom stereocenters. The molecular formula is C13H17N3O4. The Morgan fingerprint density at radius 3 is 2.65 bits per heavy atom. The highest BCUT2D eigenvalue weighted by atomic mass is 16.6. The smallest absolute Gasteiger partial charge is 0.319 e. The molecule has 1 aromatic rings. The van der Waals surface area contributed by atoms with Gasteiger partial charge < -0.3 is 30.6 Å². The molecule has 2 aliphatic heterocycles. The van der Waals surface area contributed by atoms with Crippen LogP contribution >= 0.6 is 0 Å². The first-order valence-corrected chi connectivity index (χ1v) is 6.57. The number of nitrogen functional groups attached to an aromatic ring is 1. The zero-order valence-corrected chi connectivity index (χ0v) is 11.0. The van der Waals surface area contributed by atoms with Crippen LogP contribution in [0.4, 0.5) is 16.2 Å². The minimum atomic E-state index is -0.302. The molecule has 1 atom stereocenters. The summed E-state index contributed by atoms with van der Waals surface area (Å²) in [5, 5.41) is 5.55. The van der Waals surface area contributed by atoms with Crippen molar-refractivity contribution < 1.29 is 19.0 Å². The largest absolute Gasteiger partial charge is 0.486 e. The molecule has 0 aliphatic carbocycles. The number of nitrogens with two attached hydrogens (primary N) is 1. The van der Waals surface area contributed by atoms with Gasteiger partial charge in [0.1, 0.15) is 13.2 Å². The van der Waals surface area contributed by atoms with Crippen LogP contribution in [0.25, 0.3) is 0 Å². The molecule has 7 nitrogen and oxygen atoms in total. The van der Waals surface area contributed by atoms with Crippen LogP contribution in [0.3, 0.4) is 0 Å². The third-order valence-electron chi connectivity index (χ3n) is 3.23. The van der Waals surface area contributed by atoms with Crippen molar-refractivity contribution >= 4 is 17.4 Å². The maximum atomic E-state index is 11.9. The summed E-state index contributed by atoms with van der Waals surface area (Å²) in [7, 11) is 0. The second kappa shape index (κ2) is 5.46. The van der Waals surface area contributed by atoms with E-state index < -0.39 is 0 Å². The molecule has 20 heavy (non-hydrogen) atoms. The van der Waals surface area contributed by atoms with E-state index in [9.17, 15) is 4.79 Å². The normalized spacial score (nSPS) is 20.5. The van der Waals surface area contributed by atoms with Gasteiger partial charge in [-0.15, -0.1) is 0 Å². The van der Waals surface area contributed by atoms with Crippen LogP contribution in [0.2, 0.25) is 0 Å². The third kappa shape index (κ3) is 2.72. The molecule has 0 saturated carbocycles. The summed E-state index contributed by atoms with van der Waals surface area (Å²) in [6.45, 7) is 2.21. The lowest BCUT2D eigenvalue weighted by Gasteiger charge is -2.20. The SMILES string of the molecule is Nc1cc2c(cc1NC(=O)NC1CCOC1)OCCO2. The Morgan fingerprint density at radius 2 is 1.95 bits per heavy atom. The summed E-state index contributed by atoms with van der Waals surface area (Å²) in [6, 6.07) is 3.08. The van der Waals surface area contributed by atoms with Gasteiger partial charge in [0.15, 0.2) is 11.5 Å². The van der Waals surface area contributed by atoms with Gasteiger partial charge in [-0.05, 0) is 6.42 Å². The summed E-state index contributed by atoms with van der Waals surface area (Å²) in [5.41, 5.74) is 6.84. The number of anilines is 2. The lowest BCUT2D eigenvalue weighted by Crippen LogP contribution is -2.38. The monoisotopic (exact) mass is 279 g/mol. The van der Waals surface area contributed by atoms with Crippen LogP contribution in [0.5, 0.6) is 11.5 Å². The minimum Gasteiger partial charge on any atom is -0.486 e. The number of amides is 2. The molecular weight excluding hydrogens is 262 g/mol. The van der Waals surface area contributed by atoms with Gasteiger partial charge in [0.25, 0.3) is 0 Å². The van der Waals surface area contributed by atoms with Crippen molar-refractivity contribution in [3.05, 3.63) is 12.1 Å². The molecule has 4 N–H and O–H groups in total. The summed E-state index contributed by atoms with van der Waals surface area (Å²) in [6.07, 6.45) is 0.823. The second-order valence-electron chi connectivity index (χ2n) is 4.74. The van der Waals surface area contributed by atoms with Gasteiger partial charge in [0, 0.05) is 18.7 Å². The zero-order valence-electron chi connectivity index (χ0n) is 11.0. The molecule has 2 heterocycles. The van der Waals surface area contributed by atoms with Gasteiger partial charge in [-0.3, -0.25) is 0 Å². The number of carbonyl (C=O) groups is 1. The average molecular weight is 279 g/mol. The van der Waals surface area contributed by atoms with Crippen molar-refractivity contribution in [2.45, 2.75) is 12.5 Å². The van der Waals surface area contributed by atoms with Crippen LogP contribution in [-0.4, -0.2) is 38.5 Å². The Labute approximate surface area is 116 Å². The van der Waals surface area contributed by atoms with E-state index in [2.05, 4.69) is 10.6 Å². The summed E-state index contributed by atoms with van der Waals surface area (Å²) in [5.74, 6) is 1.19. The van der Waals surface area contributed by atoms with Gasteiger partial charge in [0.05, 0.1) is 24.0 Å². The fraction of sp³-hybridized carbons (Fsp3) is 0.462. The number of rotatable bonds is 2. The van der Waals surface area contributed by atoms with E-state index in [0.29, 0.717) is 49.3 Å². The molecule has 1 fully saturated rings. The first kappa shape index (κ1) is 12.9. The molecule has 2 amide bonds. The van der Waals surface area contributed by atoms with E-state index in [1.54, 1.807) is 12.1 Å². The van der Waals surface area contributed by atoms with Crippen molar-refractivity contribution in [1.82, 2.24) is 5.32 Å². The molecule has 1 aromatic carbocycles. The lowest BCUT2D eigenvalue weighted by atomic mass is 10.2. The van der Waals surface area contributed by atoms with Crippen molar-refractivity contribution in [3.63, 3.8) is 0 Å². The maximum absolute atomic E-state index is 11.9. The van der Waals surface area contributed by atoms with E-state index in [0.717, 1.165) is 6.42 Å². The van der Waals surface area contributed by atoms with Crippen molar-refractivity contribution in [2.24, 2.45) is 0 Å². The molecule has 7 heteroatoms. The van der Waals surface area contributed by atoms with Gasteiger partial charge >= 0.3 is 6.03 Å². The van der Waals surface area contributed by atoms with Gasteiger partial charge in [0.2, 0.25) is 0 Å². The van der Waals surface area contributed by atoms with Gasteiger partial charge in [-0.25, -0.2) is 4.79 Å². The van der Waals surface area contributed by atoms with Crippen LogP contribution in [0, 0.1) is 0 Å². The van der Waals surface area contributed by atoms with Gasteiger partial charge in [-0.2, -0.15) is 0 Å². The first-order valence-electron chi connectivity index (χ1n) is 6.57. The van der Waals surface area contributed by atoms with Gasteiger partial charge in [-0.1, -0.05) is 0 Å². The molecule has 2 aliphatic rings. The van der Waals surface area contributed by atoms with E-state index in [-0.39, 0.29) is 12.1 Å². The Bertz CT molecular complexity index is 515. The van der Waals surface area contributed by atoms with Crippen molar-refractivity contribution in [3.8, 4) is 11.5 Å². The molecule has 108 valence electrons. The summed E-state index contributed by atoms with van der Waals surface area (Å²) in [4.78, 5) is 11.9. The fourth-order valence-corrected chi connectivity index (χ4v) is 2.20. The predicted molar refractivity (Wildman–Crippen MR) is 73.2 cm³/mol. The summed E-state index contributed by atoms with van der Waals surface area (Å²) < 4.78 is 16.1. The Morgan fingerprint density at radius 1 is 1.20 bits per heavy atom. The van der Waals surface area contributed by atoms with Crippen LogP contribution < -0.4 is 25.8 Å². The summed E-state index contributed by atoms with van der Waals surface area (Å²) >= 11 is 0. The highest BCUT2D eigenvalue weighted by Gasteiger charge is 2.19. The van der Waals surface area contributed by atoms with Crippen molar-refractivity contribution in [2.75, 3.05) is 37.5 Å². The number of benzene rings is 1. The molecule has 1 saturated heterocycles. The van der Waals surface area contributed by atoms with E-state index >= 15 is 0 Å². The van der Waals surface area contributed by atoms with Crippen LogP contribution in [0.15, 0.2) is 12.1 Å². The van der Waals surface area contributed by atoms with E-state index in [4.69, 9.17) is 19.9 Å². The molecule has 0 spiro atoms. The highest BCUT2D eigenvalue weighted by Crippen LogP contribution is 2.36. The van der Waals surface area contributed by atoms with Crippen molar-refractivity contribution in [1.29, 1.82) is 0 Å². The van der Waals surface area contributed by atoms with Crippen LogP contribution in [0.1, 0.15) is 6.42 Å². The number of fused-ring (bicyclic) bond motifs is 1. The average Bonchev–Trinajstić information content (AvgIpc) is 2.92. The first-order chi connectivity index (χ1) is 9.72. The number of nitrogens with one attached hydrogen (secondary N) is 2. The maximum Gasteiger partial charge on any atom is 0.319 e. The number of carbonyl (C=O) groups excluding carboxylic acids is 1. The Kier molecular flexibility index (Phi) is 3.51.